The van der Waals surface area contributed by atoms with Gasteiger partial charge < -0.3 is 15.1 Å². The first-order valence-electron chi connectivity index (χ1n) is 13.8. The highest BCUT2D eigenvalue weighted by molar-refractivity contribution is 6.17. The molecule has 1 unspecified atom stereocenters. The normalized spacial score (nSPS) is 20.5. The third-order valence-electron chi connectivity index (χ3n) is 7.89. The van der Waals surface area contributed by atoms with E-state index in [0.717, 1.165) is 32.0 Å². The van der Waals surface area contributed by atoms with Crippen molar-refractivity contribution in [2.45, 2.75) is 57.8 Å². The maximum atomic E-state index is 13.5. The van der Waals surface area contributed by atoms with Crippen molar-refractivity contribution in [1.82, 2.24) is 14.8 Å². The summed E-state index contributed by atoms with van der Waals surface area (Å²) < 4.78 is 0. The number of hydrogen-bond donors (Lipinski definition) is 1. The number of carbonyl (C=O) groups is 2. The van der Waals surface area contributed by atoms with E-state index in [-0.39, 0.29) is 11.8 Å². The van der Waals surface area contributed by atoms with Crippen LogP contribution in [0.5, 0.6) is 0 Å². The first kappa shape index (κ1) is 24.9. The van der Waals surface area contributed by atoms with E-state index in [1.54, 1.807) is 29.3 Å². The van der Waals surface area contributed by atoms with Crippen LogP contribution in [0.1, 0.15) is 68.1 Å². The molecule has 192 valence electrons. The van der Waals surface area contributed by atoms with E-state index in [9.17, 15) is 9.59 Å². The van der Waals surface area contributed by atoms with E-state index in [4.69, 9.17) is 0 Å². The molecule has 0 saturated carbocycles. The van der Waals surface area contributed by atoms with Gasteiger partial charge in [0.05, 0.1) is 16.9 Å². The molecule has 3 aliphatic rings. The fraction of sp³-hybridized carbons (Fsp3) is 0.552. The number of benzene rings is 1. The molecule has 0 bridgehead atoms. The molecule has 0 aliphatic carbocycles. The highest BCUT2D eigenvalue weighted by Crippen LogP contribution is 2.36. The van der Waals surface area contributed by atoms with E-state index in [2.05, 4.69) is 20.1 Å². The Bertz CT molecular complexity index is 1050. The average molecular weight is 490 g/mol. The molecular formula is C29H39N5O2. The monoisotopic (exact) mass is 489 g/mol. The van der Waals surface area contributed by atoms with Gasteiger partial charge in [-0.25, -0.2) is 4.98 Å². The molecule has 1 atom stereocenters. The standard InChI is InChI=1S/C29H39N5O2/c35-27(34-26-14-2-1-12-24(26)29(36)31-25-13-7-16-30-28(25)34)15-9-21-33-20-8-11-23(22-33)10-3-4-17-32-18-5-6-19-32/h1-2,7,12-14,16,23H,3-6,8-11,15,17-22H2,(H,31,36). The van der Waals surface area contributed by atoms with Crippen LogP contribution in [0.15, 0.2) is 42.6 Å². The van der Waals surface area contributed by atoms with E-state index < -0.39 is 0 Å². The van der Waals surface area contributed by atoms with Crippen molar-refractivity contribution in [2.24, 2.45) is 5.92 Å². The summed E-state index contributed by atoms with van der Waals surface area (Å²) in [7, 11) is 0. The highest BCUT2D eigenvalue weighted by atomic mass is 16.2. The Kier molecular flexibility index (Phi) is 8.29. The first-order chi connectivity index (χ1) is 17.7. The summed E-state index contributed by atoms with van der Waals surface area (Å²) in [6, 6.07) is 10.8. The van der Waals surface area contributed by atoms with Crippen LogP contribution in [0, 0.1) is 5.92 Å². The number of nitrogens with one attached hydrogen (secondary N) is 1. The third-order valence-corrected chi connectivity index (χ3v) is 7.89. The van der Waals surface area contributed by atoms with Gasteiger partial charge in [-0.3, -0.25) is 14.5 Å². The van der Waals surface area contributed by atoms with Crippen LogP contribution in [-0.2, 0) is 4.79 Å². The zero-order valence-corrected chi connectivity index (χ0v) is 21.3. The Morgan fingerprint density at radius 2 is 1.75 bits per heavy atom. The predicted molar refractivity (Wildman–Crippen MR) is 144 cm³/mol. The maximum absolute atomic E-state index is 13.5. The lowest BCUT2D eigenvalue weighted by atomic mass is 9.92. The second-order valence-corrected chi connectivity index (χ2v) is 10.5. The number of fused-ring (bicyclic) bond motifs is 2. The highest BCUT2D eigenvalue weighted by Gasteiger charge is 2.30. The molecule has 1 aromatic carbocycles. The summed E-state index contributed by atoms with van der Waals surface area (Å²) in [5, 5.41) is 2.91. The minimum absolute atomic E-state index is 0.0191. The minimum Gasteiger partial charge on any atom is -0.319 e. The summed E-state index contributed by atoms with van der Waals surface area (Å²) in [6.45, 7) is 7.11. The van der Waals surface area contributed by atoms with Crippen molar-refractivity contribution in [2.75, 3.05) is 49.5 Å². The van der Waals surface area contributed by atoms with Crippen LogP contribution in [-0.4, -0.2) is 65.9 Å². The smallest absolute Gasteiger partial charge is 0.257 e. The summed E-state index contributed by atoms with van der Waals surface area (Å²) >= 11 is 0. The fourth-order valence-corrected chi connectivity index (χ4v) is 6.02. The molecule has 2 saturated heterocycles. The fourth-order valence-electron chi connectivity index (χ4n) is 6.02. The van der Waals surface area contributed by atoms with E-state index in [1.807, 2.05) is 18.2 Å². The number of piperidine rings is 1. The predicted octanol–water partition coefficient (Wildman–Crippen LogP) is 5.07. The van der Waals surface area contributed by atoms with Crippen molar-refractivity contribution < 1.29 is 9.59 Å². The molecule has 2 aromatic rings. The quantitative estimate of drug-likeness (QED) is 0.498. The number of aromatic nitrogens is 1. The first-order valence-corrected chi connectivity index (χ1v) is 13.8. The van der Waals surface area contributed by atoms with Crippen molar-refractivity contribution in [3.8, 4) is 0 Å². The van der Waals surface area contributed by atoms with Crippen molar-refractivity contribution in [1.29, 1.82) is 0 Å². The number of nitrogens with zero attached hydrogens (tertiary/aromatic N) is 4. The molecule has 2 amide bonds. The van der Waals surface area contributed by atoms with Gasteiger partial charge >= 0.3 is 0 Å². The second kappa shape index (κ2) is 12.0. The number of likely N-dealkylation sites (tertiary alicyclic amines) is 2. The molecule has 2 fully saturated rings. The molecule has 5 rings (SSSR count). The molecule has 4 heterocycles. The lowest BCUT2D eigenvalue weighted by Crippen LogP contribution is -2.36. The van der Waals surface area contributed by atoms with Crippen LogP contribution in [0.25, 0.3) is 0 Å². The molecule has 7 heteroatoms. The lowest BCUT2D eigenvalue weighted by molar-refractivity contribution is -0.118. The topological polar surface area (TPSA) is 68.8 Å². The number of unbranched alkanes of at least 4 members (excludes halogenated alkanes) is 1. The average Bonchev–Trinajstić information content (AvgIpc) is 3.38. The van der Waals surface area contributed by atoms with Crippen LogP contribution in [0.3, 0.4) is 0 Å². The Morgan fingerprint density at radius 1 is 0.944 bits per heavy atom. The van der Waals surface area contributed by atoms with E-state index in [0.29, 0.717) is 29.2 Å². The minimum atomic E-state index is -0.213. The van der Waals surface area contributed by atoms with Gasteiger partial charge in [-0.15, -0.1) is 0 Å². The largest absolute Gasteiger partial charge is 0.319 e. The molecular weight excluding hydrogens is 450 g/mol. The van der Waals surface area contributed by atoms with Gasteiger partial charge in [0, 0.05) is 19.2 Å². The number of amides is 2. The van der Waals surface area contributed by atoms with Gasteiger partial charge in [-0.1, -0.05) is 18.6 Å². The van der Waals surface area contributed by atoms with Crippen LogP contribution < -0.4 is 10.2 Å². The molecule has 3 aliphatic heterocycles. The van der Waals surface area contributed by atoms with Crippen molar-refractivity contribution in [3.63, 3.8) is 0 Å². The number of anilines is 3. The van der Waals surface area contributed by atoms with Gasteiger partial charge in [0.1, 0.15) is 0 Å². The van der Waals surface area contributed by atoms with Crippen molar-refractivity contribution >= 4 is 29.0 Å². The third kappa shape index (κ3) is 5.95. The van der Waals surface area contributed by atoms with Crippen LogP contribution >= 0.6 is 0 Å². The van der Waals surface area contributed by atoms with Gasteiger partial charge in [0.15, 0.2) is 5.82 Å². The second-order valence-electron chi connectivity index (χ2n) is 10.5. The summed E-state index contributed by atoms with van der Waals surface area (Å²) in [4.78, 5) is 37.5. The van der Waals surface area contributed by atoms with Gasteiger partial charge in [-0.2, -0.15) is 0 Å². The molecule has 7 nitrogen and oxygen atoms in total. The summed E-state index contributed by atoms with van der Waals surface area (Å²) in [5.74, 6) is 1.05. The zero-order valence-electron chi connectivity index (χ0n) is 21.3. The Morgan fingerprint density at radius 3 is 2.64 bits per heavy atom. The van der Waals surface area contributed by atoms with E-state index in [1.165, 1.54) is 64.6 Å². The molecule has 0 spiro atoms. The Labute approximate surface area is 214 Å². The SMILES string of the molecule is O=C1Nc2cccnc2N(C(=O)CCCN2CCCC(CCCCN3CCCC3)C2)c2ccccc21. The molecule has 0 radical (unpaired) electrons. The number of hydrogen-bond acceptors (Lipinski definition) is 5. The maximum Gasteiger partial charge on any atom is 0.257 e. The number of para-hydroxylation sites is 1. The molecule has 1 N–H and O–H groups in total. The summed E-state index contributed by atoms with van der Waals surface area (Å²) in [6.07, 6.45) is 12.2. The number of carbonyl (C=O) groups excluding carboxylic acids is 2. The van der Waals surface area contributed by atoms with Gasteiger partial charge in [-0.05, 0) is 108 Å². The van der Waals surface area contributed by atoms with Gasteiger partial charge in [0.2, 0.25) is 5.91 Å². The molecule has 1 aromatic heterocycles. The van der Waals surface area contributed by atoms with Crippen molar-refractivity contribution in [3.05, 3.63) is 48.2 Å². The van der Waals surface area contributed by atoms with Gasteiger partial charge in [0.25, 0.3) is 5.91 Å². The zero-order chi connectivity index (χ0) is 24.7. The summed E-state index contributed by atoms with van der Waals surface area (Å²) in [5.41, 5.74) is 1.66. The van der Waals surface area contributed by atoms with Crippen LogP contribution in [0.4, 0.5) is 17.2 Å². The Balaban J connectivity index is 1.13. The number of pyridine rings is 1. The lowest BCUT2D eigenvalue weighted by Gasteiger charge is -2.33. The van der Waals surface area contributed by atoms with E-state index >= 15 is 0 Å². The Hall–Kier alpha value is -2.77. The van der Waals surface area contributed by atoms with Crippen LogP contribution in [0.2, 0.25) is 0 Å². The molecule has 36 heavy (non-hydrogen) atoms. The number of rotatable bonds is 9.